The standard InChI is InChI=1S/C14H11N5O4S/c1-8-6-11-12(16-7-8)13(18-14(15)17-11)24(22,23)10-4-2-9(3-5-10)19(20)21/h2-7H,1H3,(H2,15,17,18). The number of sulfone groups is 1. The molecule has 3 rings (SSSR count). The Balaban J connectivity index is 2.23. The Kier molecular flexibility index (Phi) is 3.60. The molecule has 1 aromatic carbocycles. The molecule has 0 unspecified atom stereocenters. The van der Waals surface area contributed by atoms with E-state index in [2.05, 4.69) is 15.0 Å². The Bertz CT molecular complexity index is 1060. The van der Waals surface area contributed by atoms with Gasteiger partial charge in [0.25, 0.3) is 5.69 Å². The summed E-state index contributed by atoms with van der Waals surface area (Å²) in [6.07, 6.45) is 1.50. The molecule has 0 saturated heterocycles. The topological polar surface area (TPSA) is 142 Å². The number of nitrogens with zero attached hydrogens (tertiary/aromatic N) is 4. The fourth-order valence-corrected chi connectivity index (χ4v) is 3.50. The van der Waals surface area contributed by atoms with E-state index in [0.717, 1.165) is 29.8 Å². The quantitative estimate of drug-likeness (QED) is 0.429. The Morgan fingerprint density at radius 1 is 1.17 bits per heavy atom. The summed E-state index contributed by atoms with van der Waals surface area (Å²) < 4.78 is 25.6. The van der Waals surface area contributed by atoms with Crippen LogP contribution >= 0.6 is 0 Å². The number of aromatic nitrogens is 3. The summed E-state index contributed by atoms with van der Waals surface area (Å²) in [6, 6.07) is 6.15. The van der Waals surface area contributed by atoms with Crippen molar-refractivity contribution < 1.29 is 13.3 Å². The molecule has 0 aliphatic heterocycles. The molecule has 0 amide bonds. The summed E-state index contributed by atoms with van der Waals surface area (Å²) >= 11 is 0. The van der Waals surface area contributed by atoms with E-state index < -0.39 is 14.8 Å². The van der Waals surface area contributed by atoms with E-state index >= 15 is 0 Å². The maximum absolute atomic E-state index is 12.8. The average molecular weight is 345 g/mol. The van der Waals surface area contributed by atoms with Gasteiger partial charge in [0.1, 0.15) is 5.52 Å². The minimum Gasteiger partial charge on any atom is -0.368 e. The fraction of sp³-hybridized carbons (Fsp3) is 0.0714. The molecule has 10 heteroatoms. The number of nitro benzene ring substituents is 1. The highest BCUT2D eigenvalue weighted by Crippen LogP contribution is 2.27. The first kappa shape index (κ1) is 15.7. The minimum atomic E-state index is -4.06. The number of non-ortho nitro benzene ring substituents is 1. The Hall–Kier alpha value is -3.14. The van der Waals surface area contributed by atoms with Crippen molar-refractivity contribution in [2.24, 2.45) is 0 Å². The lowest BCUT2D eigenvalue weighted by molar-refractivity contribution is -0.384. The van der Waals surface area contributed by atoms with Crippen LogP contribution in [0.2, 0.25) is 0 Å². The second-order valence-electron chi connectivity index (χ2n) is 5.02. The van der Waals surface area contributed by atoms with E-state index in [0.29, 0.717) is 5.52 Å². The number of anilines is 1. The van der Waals surface area contributed by atoms with Gasteiger partial charge < -0.3 is 5.73 Å². The summed E-state index contributed by atoms with van der Waals surface area (Å²) in [7, 11) is -4.06. The molecule has 0 fully saturated rings. The van der Waals surface area contributed by atoms with E-state index in [1.165, 1.54) is 6.20 Å². The largest absolute Gasteiger partial charge is 0.368 e. The summed E-state index contributed by atoms with van der Waals surface area (Å²) in [6.45, 7) is 1.79. The van der Waals surface area contributed by atoms with E-state index in [4.69, 9.17) is 5.73 Å². The third kappa shape index (κ3) is 2.63. The zero-order valence-electron chi connectivity index (χ0n) is 12.4. The first-order chi connectivity index (χ1) is 11.3. The van der Waals surface area contributed by atoms with Gasteiger partial charge in [-0.05, 0) is 30.7 Å². The van der Waals surface area contributed by atoms with Crippen molar-refractivity contribution in [2.45, 2.75) is 16.8 Å². The number of benzene rings is 1. The average Bonchev–Trinajstić information content (AvgIpc) is 2.53. The van der Waals surface area contributed by atoms with Crippen LogP contribution < -0.4 is 5.73 Å². The molecule has 24 heavy (non-hydrogen) atoms. The van der Waals surface area contributed by atoms with Crippen molar-refractivity contribution in [1.82, 2.24) is 15.0 Å². The third-order valence-corrected chi connectivity index (χ3v) is 4.96. The van der Waals surface area contributed by atoms with E-state index in [9.17, 15) is 18.5 Å². The minimum absolute atomic E-state index is 0.0909. The Morgan fingerprint density at radius 3 is 2.46 bits per heavy atom. The maximum Gasteiger partial charge on any atom is 0.269 e. The number of rotatable bonds is 3. The third-order valence-electron chi connectivity index (χ3n) is 3.27. The zero-order chi connectivity index (χ0) is 17.5. The normalized spacial score (nSPS) is 11.5. The van der Waals surface area contributed by atoms with Crippen LogP contribution in [0.3, 0.4) is 0 Å². The van der Waals surface area contributed by atoms with Gasteiger partial charge in [0.2, 0.25) is 15.8 Å². The first-order valence-corrected chi connectivity index (χ1v) is 8.17. The van der Waals surface area contributed by atoms with E-state index in [1.54, 1.807) is 13.0 Å². The molecule has 2 aromatic heterocycles. The van der Waals surface area contributed by atoms with Crippen LogP contribution in [0.5, 0.6) is 0 Å². The lowest BCUT2D eigenvalue weighted by Crippen LogP contribution is -2.09. The number of hydrogen-bond acceptors (Lipinski definition) is 8. The van der Waals surface area contributed by atoms with Crippen LogP contribution in [0.4, 0.5) is 11.6 Å². The lowest BCUT2D eigenvalue weighted by Gasteiger charge is -2.08. The van der Waals surface area contributed by atoms with Crippen molar-refractivity contribution in [3.05, 3.63) is 52.2 Å². The predicted molar refractivity (Wildman–Crippen MR) is 85.0 cm³/mol. The van der Waals surface area contributed by atoms with Gasteiger partial charge in [0.15, 0.2) is 5.03 Å². The van der Waals surface area contributed by atoms with Gasteiger partial charge in [-0.25, -0.2) is 13.4 Å². The second kappa shape index (κ2) is 5.49. The SMILES string of the molecule is Cc1cnc2c(S(=O)(=O)c3ccc([N+](=O)[O-])cc3)nc(N)nc2c1. The molecule has 0 saturated carbocycles. The van der Waals surface area contributed by atoms with Gasteiger partial charge in [-0.15, -0.1) is 0 Å². The summed E-state index contributed by atoms with van der Waals surface area (Å²) in [5.41, 5.74) is 6.59. The number of nitro groups is 1. The van der Waals surface area contributed by atoms with Crippen LogP contribution in [0.25, 0.3) is 11.0 Å². The smallest absolute Gasteiger partial charge is 0.269 e. The van der Waals surface area contributed by atoms with Crippen LogP contribution in [-0.4, -0.2) is 28.3 Å². The molecule has 122 valence electrons. The van der Waals surface area contributed by atoms with E-state index in [1.807, 2.05) is 0 Å². The van der Waals surface area contributed by atoms with Crippen molar-refractivity contribution in [2.75, 3.05) is 5.73 Å². The molecule has 0 bridgehead atoms. The molecule has 0 atom stereocenters. The number of aryl methyl sites for hydroxylation is 1. The van der Waals surface area contributed by atoms with Crippen LogP contribution in [0.1, 0.15) is 5.56 Å². The van der Waals surface area contributed by atoms with Crippen LogP contribution in [0.15, 0.2) is 46.5 Å². The monoisotopic (exact) mass is 345 g/mol. The highest BCUT2D eigenvalue weighted by Gasteiger charge is 2.25. The highest BCUT2D eigenvalue weighted by molar-refractivity contribution is 7.91. The Morgan fingerprint density at radius 2 is 1.83 bits per heavy atom. The van der Waals surface area contributed by atoms with Gasteiger partial charge in [0.05, 0.1) is 15.3 Å². The van der Waals surface area contributed by atoms with Crippen LogP contribution in [-0.2, 0) is 9.84 Å². The van der Waals surface area contributed by atoms with Gasteiger partial charge in [0, 0.05) is 18.3 Å². The van der Waals surface area contributed by atoms with Crippen molar-refractivity contribution in [1.29, 1.82) is 0 Å². The summed E-state index contributed by atoms with van der Waals surface area (Å²) in [5.74, 6) is -0.199. The predicted octanol–water partition coefficient (Wildman–Crippen LogP) is 1.66. The second-order valence-corrected chi connectivity index (χ2v) is 6.89. The maximum atomic E-state index is 12.8. The fourth-order valence-electron chi connectivity index (χ4n) is 2.16. The van der Waals surface area contributed by atoms with Gasteiger partial charge in [-0.2, -0.15) is 4.98 Å². The van der Waals surface area contributed by atoms with Crippen LogP contribution in [0, 0.1) is 17.0 Å². The van der Waals surface area contributed by atoms with Gasteiger partial charge >= 0.3 is 0 Å². The van der Waals surface area contributed by atoms with E-state index in [-0.39, 0.29) is 27.1 Å². The molecule has 0 aliphatic rings. The molecule has 3 aromatic rings. The van der Waals surface area contributed by atoms with Gasteiger partial charge in [-0.1, -0.05) is 0 Å². The molecule has 9 nitrogen and oxygen atoms in total. The molecule has 0 aliphatic carbocycles. The Labute approximate surface area is 136 Å². The van der Waals surface area contributed by atoms with Gasteiger partial charge in [-0.3, -0.25) is 15.1 Å². The first-order valence-electron chi connectivity index (χ1n) is 6.68. The summed E-state index contributed by atoms with van der Waals surface area (Å²) in [5, 5.41) is 10.4. The number of hydrogen-bond donors (Lipinski definition) is 1. The van der Waals surface area contributed by atoms with Crippen molar-refractivity contribution in [3.8, 4) is 0 Å². The van der Waals surface area contributed by atoms with Crippen molar-refractivity contribution in [3.63, 3.8) is 0 Å². The summed E-state index contributed by atoms with van der Waals surface area (Å²) in [4.78, 5) is 21.8. The molecule has 0 spiro atoms. The molecule has 0 radical (unpaired) electrons. The molecule has 2 N–H and O–H groups in total. The van der Waals surface area contributed by atoms with Crippen molar-refractivity contribution >= 4 is 32.5 Å². The molecule has 2 heterocycles. The number of nitrogen functional groups attached to an aromatic ring is 1. The molecular weight excluding hydrogens is 334 g/mol. The number of pyridine rings is 1. The number of fused-ring (bicyclic) bond motifs is 1. The lowest BCUT2D eigenvalue weighted by atomic mass is 10.3. The zero-order valence-corrected chi connectivity index (χ0v) is 13.2. The molecular formula is C14H11N5O4S. The highest BCUT2D eigenvalue weighted by atomic mass is 32.2. The number of nitrogens with two attached hydrogens (primary N) is 1.